The Labute approximate surface area is 359 Å². The predicted octanol–water partition coefficient (Wildman–Crippen LogP) is 14.5. The molecule has 4 aliphatic heterocycles. The van der Waals surface area contributed by atoms with E-state index in [2.05, 4.69) is 107 Å². The van der Waals surface area contributed by atoms with Crippen molar-refractivity contribution in [1.29, 1.82) is 0 Å². The van der Waals surface area contributed by atoms with Crippen molar-refractivity contribution in [2.24, 2.45) is 20.0 Å². The maximum atomic E-state index is 4.36. The zero-order chi connectivity index (χ0) is 43.8. The average Bonchev–Trinajstić information content (AvgIpc) is 4.21. The highest BCUT2D eigenvalue weighted by Gasteiger charge is 2.11. The molecule has 0 fully saturated rings. The van der Waals surface area contributed by atoms with Gasteiger partial charge in [0.15, 0.2) is 5.82 Å². The zero-order valence-corrected chi connectivity index (χ0v) is 37.4. The first-order chi connectivity index (χ1) is 29.8. The third-order valence-corrected chi connectivity index (χ3v) is 8.18. The second-order valence-electron chi connectivity index (χ2n) is 11.5. The van der Waals surface area contributed by atoms with Gasteiger partial charge in [0, 0.05) is 86.1 Å². The van der Waals surface area contributed by atoms with E-state index in [-0.39, 0.29) is 0 Å². The van der Waals surface area contributed by atoms with Crippen LogP contribution in [0.1, 0.15) is 91.9 Å². The summed E-state index contributed by atoms with van der Waals surface area (Å²) < 4.78 is 0. The molecule has 0 atom stereocenters. The molecular weight excluding hydrogens is 737 g/mol. The Morgan fingerprint density at radius 2 is 0.833 bits per heavy atom. The summed E-state index contributed by atoms with van der Waals surface area (Å²) >= 11 is 0. The van der Waals surface area contributed by atoms with Crippen molar-refractivity contribution in [1.82, 2.24) is 19.9 Å². The molecule has 0 aliphatic carbocycles. The lowest BCUT2D eigenvalue weighted by Gasteiger charge is -2.01. The molecule has 7 heterocycles. The van der Waals surface area contributed by atoms with Gasteiger partial charge in [-0.2, -0.15) is 0 Å². The number of hydrogen-bond acceptors (Lipinski definition) is 8. The van der Waals surface area contributed by atoms with Crippen LogP contribution in [0.15, 0.2) is 154 Å². The molecule has 0 saturated carbocycles. The first-order valence-electron chi connectivity index (χ1n) is 21.5. The predicted molar refractivity (Wildman–Crippen MR) is 263 cm³/mol. The highest BCUT2D eigenvalue weighted by atomic mass is 15.0. The molecule has 3 aromatic heterocycles. The molecule has 0 saturated heterocycles. The Bertz CT molecular complexity index is 2160. The zero-order valence-electron chi connectivity index (χ0n) is 37.4. The molecule has 8 heteroatoms. The summed E-state index contributed by atoms with van der Waals surface area (Å²) in [6.07, 6.45) is 18.3. The smallest absolute Gasteiger partial charge is 0.173 e. The fourth-order valence-corrected chi connectivity index (χ4v) is 5.66. The molecule has 0 bridgehead atoms. The van der Waals surface area contributed by atoms with Gasteiger partial charge in [-0.15, -0.1) is 0 Å². The molecule has 60 heavy (non-hydrogen) atoms. The fourth-order valence-electron chi connectivity index (χ4n) is 5.66. The van der Waals surface area contributed by atoms with Crippen LogP contribution in [0.3, 0.4) is 0 Å². The van der Waals surface area contributed by atoms with Crippen molar-refractivity contribution in [3.8, 4) is 0 Å². The molecule has 0 radical (unpaired) electrons. The fraction of sp³-hybridized carbons (Fsp3) is 0.269. The third-order valence-electron chi connectivity index (χ3n) is 8.18. The minimum atomic E-state index is 0.775. The van der Waals surface area contributed by atoms with E-state index in [0.29, 0.717) is 0 Å². The molecule has 4 aliphatic rings. The van der Waals surface area contributed by atoms with Crippen LogP contribution in [-0.2, 0) is 25.7 Å². The number of para-hydroxylation sites is 1. The number of benzene rings is 4. The molecule has 0 amide bonds. The van der Waals surface area contributed by atoms with Gasteiger partial charge >= 0.3 is 0 Å². The molecule has 0 N–H and O–H groups in total. The number of nitrogens with zero attached hydrogens (tertiary/aromatic N) is 8. The maximum Gasteiger partial charge on any atom is 0.173 e. The van der Waals surface area contributed by atoms with Crippen LogP contribution in [-0.4, -0.2) is 44.8 Å². The minimum Gasteiger partial charge on any atom is -0.261 e. The van der Waals surface area contributed by atoms with Gasteiger partial charge in [-0.05, 0) is 34.5 Å². The standard InChI is InChI=1S/C11H8N2.C10H8.C8H7N.C7H6N2.C6H5N3.5C2H6/c1-2-4-9-8(3-1)7-13-10-5-6-12-11(9)10;1-2-6-10-8-4-3-7-9(10)5-1;1-2-4-8-7(3-1)5-6-9-8;1-2-6-7(8-4-1)3-5-9-6;1-2-8-6-5(1)7-3-4-9-6;5*1-2/h1-4,6-7H,5H2;1-8H;1-4,6H,5H2;1-2,4-5H,3H2;2-4H,1H2;5*1-2H3. The molecule has 8 nitrogen and oxygen atoms in total. The number of aliphatic imine (C=N–C) groups is 4. The minimum absolute atomic E-state index is 0.775. The van der Waals surface area contributed by atoms with E-state index in [1.165, 1.54) is 27.1 Å². The summed E-state index contributed by atoms with van der Waals surface area (Å²) in [5.41, 5.74) is 7.74. The lowest BCUT2D eigenvalue weighted by atomic mass is 10.1. The summed E-state index contributed by atoms with van der Waals surface area (Å²) in [5.74, 6) is 0.775. The lowest BCUT2D eigenvalue weighted by molar-refractivity contribution is 1.11. The van der Waals surface area contributed by atoms with Crippen LogP contribution < -0.4 is 0 Å². The third kappa shape index (κ3) is 15.3. The second kappa shape index (κ2) is 30.5. The van der Waals surface area contributed by atoms with Crippen molar-refractivity contribution in [2.45, 2.75) is 94.9 Å². The summed E-state index contributed by atoms with van der Waals surface area (Å²) in [6, 6.07) is 37.0. The van der Waals surface area contributed by atoms with Crippen molar-refractivity contribution >= 4 is 69.3 Å². The largest absolute Gasteiger partial charge is 0.261 e. The summed E-state index contributed by atoms with van der Waals surface area (Å²) in [6.45, 7) is 20.0. The number of fused-ring (bicyclic) bond motifs is 7. The molecule has 0 unspecified atom stereocenters. The van der Waals surface area contributed by atoms with Crippen LogP contribution in [0.5, 0.6) is 0 Å². The Morgan fingerprint density at radius 1 is 0.350 bits per heavy atom. The van der Waals surface area contributed by atoms with Crippen LogP contribution >= 0.6 is 0 Å². The highest BCUT2D eigenvalue weighted by molar-refractivity contribution is 5.97. The van der Waals surface area contributed by atoms with Crippen molar-refractivity contribution in [3.05, 3.63) is 157 Å². The monoisotopic (exact) mass is 801 g/mol. The molecule has 4 aromatic carbocycles. The van der Waals surface area contributed by atoms with Gasteiger partial charge in [-0.25, -0.2) is 9.98 Å². The number of aromatic nitrogens is 4. The van der Waals surface area contributed by atoms with Crippen molar-refractivity contribution < 1.29 is 0 Å². The summed E-state index contributed by atoms with van der Waals surface area (Å²) in [4.78, 5) is 33.2. The van der Waals surface area contributed by atoms with E-state index >= 15 is 0 Å². The van der Waals surface area contributed by atoms with Crippen molar-refractivity contribution in [3.63, 3.8) is 0 Å². The van der Waals surface area contributed by atoms with Gasteiger partial charge in [0.25, 0.3) is 0 Å². The average molecular weight is 801 g/mol. The van der Waals surface area contributed by atoms with E-state index in [1.807, 2.05) is 143 Å². The Balaban J connectivity index is 0.000000247. The van der Waals surface area contributed by atoms with E-state index in [1.54, 1.807) is 18.6 Å². The Kier molecular flexibility index (Phi) is 25.2. The van der Waals surface area contributed by atoms with Crippen LogP contribution in [0, 0.1) is 0 Å². The SMILES string of the molecule is C1=Nc2c(ncc3ccccc23)C1.C1=Nc2ccccc2C1.C1=Nc2cccnc2C1.C1=Nc2nccnc2C1.CC.CC.CC.CC.CC.c1ccc2ccccc2c1. The number of rotatable bonds is 0. The van der Waals surface area contributed by atoms with E-state index in [0.717, 1.165) is 65.6 Å². The van der Waals surface area contributed by atoms with Crippen molar-refractivity contribution in [2.75, 3.05) is 0 Å². The van der Waals surface area contributed by atoms with E-state index in [4.69, 9.17) is 0 Å². The van der Waals surface area contributed by atoms with Gasteiger partial charge in [0.05, 0.1) is 34.1 Å². The Morgan fingerprint density at radius 3 is 1.48 bits per heavy atom. The van der Waals surface area contributed by atoms with Crippen LogP contribution in [0.4, 0.5) is 22.9 Å². The van der Waals surface area contributed by atoms with Gasteiger partial charge in [-0.1, -0.05) is 160 Å². The number of pyridine rings is 2. The number of hydrogen-bond donors (Lipinski definition) is 0. The maximum absolute atomic E-state index is 4.36. The topological polar surface area (TPSA) is 101 Å². The van der Waals surface area contributed by atoms with Gasteiger partial charge in [0.2, 0.25) is 0 Å². The molecule has 11 rings (SSSR count). The van der Waals surface area contributed by atoms with Gasteiger partial charge < -0.3 is 0 Å². The highest BCUT2D eigenvalue weighted by Crippen LogP contribution is 2.31. The van der Waals surface area contributed by atoms with Crippen LogP contribution in [0.25, 0.3) is 21.5 Å². The molecule has 312 valence electrons. The Hall–Kier alpha value is -6.54. The first kappa shape index (κ1) is 49.6. The van der Waals surface area contributed by atoms with Gasteiger partial charge in [0.1, 0.15) is 0 Å². The van der Waals surface area contributed by atoms with E-state index in [9.17, 15) is 0 Å². The lowest BCUT2D eigenvalue weighted by Crippen LogP contribution is -1.85. The normalized spacial score (nSPS) is 11.3. The molecule has 0 spiro atoms. The van der Waals surface area contributed by atoms with Crippen LogP contribution in [0.2, 0.25) is 0 Å². The second-order valence-corrected chi connectivity index (χ2v) is 11.5. The molecule has 7 aromatic rings. The van der Waals surface area contributed by atoms with E-state index < -0.39 is 0 Å². The van der Waals surface area contributed by atoms with Gasteiger partial charge in [-0.3, -0.25) is 29.9 Å². The first-order valence-corrected chi connectivity index (χ1v) is 21.5. The molecular formula is C52H64N8. The quantitative estimate of drug-likeness (QED) is 0.152. The summed E-state index contributed by atoms with van der Waals surface area (Å²) in [7, 11) is 0. The summed E-state index contributed by atoms with van der Waals surface area (Å²) in [5, 5.41) is 5.00.